The van der Waals surface area contributed by atoms with Gasteiger partial charge in [0.25, 0.3) is 0 Å². The van der Waals surface area contributed by atoms with Crippen LogP contribution in [0, 0.1) is 5.82 Å². The van der Waals surface area contributed by atoms with Gasteiger partial charge >= 0.3 is 12.1 Å². The number of carbonyl (C=O) groups is 2. The zero-order valence-electron chi connectivity index (χ0n) is 30.4. The summed E-state index contributed by atoms with van der Waals surface area (Å²) in [5, 5.41) is 15.3. The number of nitrogens with zero attached hydrogens (tertiary/aromatic N) is 3. The maximum absolute atomic E-state index is 15.6. The van der Waals surface area contributed by atoms with E-state index in [4.69, 9.17) is 30.9 Å². The third-order valence-corrected chi connectivity index (χ3v) is 10.1. The van der Waals surface area contributed by atoms with Crippen LogP contribution in [0.1, 0.15) is 59.6 Å². The lowest BCUT2D eigenvalue weighted by Gasteiger charge is -2.22. The Kier molecular flexibility index (Phi) is 12.1. The number of methoxy groups -OCH3 is 2. The monoisotopic (exact) mass is 785 g/mol. The van der Waals surface area contributed by atoms with Crippen LogP contribution in [0.25, 0.3) is 22.4 Å². The van der Waals surface area contributed by atoms with Gasteiger partial charge in [-0.25, -0.2) is 9.37 Å². The van der Waals surface area contributed by atoms with E-state index in [0.29, 0.717) is 53.9 Å². The van der Waals surface area contributed by atoms with Gasteiger partial charge in [-0.1, -0.05) is 48.0 Å². The zero-order chi connectivity index (χ0) is 39.4. The lowest BCUT2D eigenvalue weighted by molar-refractivity contribution is -0.140. The first kappa shape index (κ1) is 39.7. The molecule has 6 rings (SSSR count). The van der Waals surface area contributed by atoms with Crippen molar-refractivity contribution in [2.45, 2.75) is 63.5 Å². The van der Waals surface area contributed by atoms with E-state index in [2.05, 4.69) is 20.6 Å². The van der Waals surface area contributed by atoms with Gasteiger partial charge < -0.3 is 34.9 Å². The average Bonchev–Trinajstić information content (AvgIpc) is 3.76. The summed E-state index contributed by atoms with van der Waals surface area (Å²) < 4.78 is 75.8. The SMILES string of the molecule is COc1nc(O[C@H]2CCc3c(-c4cccc(-c5cc(F)c(CNC[C@@H]6CCC(=O)N6)c(OC)n5)c4Cl)cccc32)c(C(F)(F)F)cc1CN(C)CCC(=O)O. The predicted molar refractivity (Wildman–Crippen MR) is 196 cm³/mol. The number of carboxylic acid groups (broad SMARTS) is 1. The molecule has 292 valence electrons. The Labute approximate surface area is 320 Å². The number of nitrogens with one attached hydrogen (secondary N) is 2. The van der Waals surface area contributed by atoms with Crippen molar-refractivity contribution in [2.24, 2.45) is 0 Å². The van der Waals surface area contributed by atoms with Crippen LogP contribution in [-0.4, -0.2) is 72.2 Å². The van der Waals surface area contributed by atoms with Crippen LogP contribution in [-0.2, 0) is 35.3 Å². The number of amides is 1. The summed E-state index contributed by atoms with van der Waals surface area (Å²) in [5.74, 6) is -2.19. The molecule has 2 aliphatic rings. The van der Waals surface area contributed by atoms with Crippen LogP contribution in [0.4, 0.5) is 17.6 Å². The molecule has 0 spiro atoms. The molecule has 1 saturated heterocycles. The number of alkyl halides is 3. The van der Waals surface area contributed by atoms with Gasteiger partial charge in [0, 0.05) is 61.4 Å². The minimum absolute atomic E-state index is 0.00790. The molecule has 2 atom stereocenters. The predicted octanol–water partition coefficient (Wildman–Crippen LogP) is 6.98. The number of halogens is 5. The number of hydrogen-bond acceptors (Lipinski definition) is 9. The Bertz CT molecular complexity index is 2080. The minimum atomic E-state index is -4.81. The number of benzene rings is 2. The highest BCUT2D eigenvalue weighted by molar-refractivity contribution is 6.36. The molecule has 1 aliphatic carbocycles. The second-order valence-electron chi connectivity index (χ2n) is 13.5. The quantitative estimate of drug-likeness (QED) is 0.108. The molecule has 3 heterocycles. The number of aliphatic carboxylic acids is 1. The zero-order valence-corrected chi connectivity index (χ0v) is 31.1. The maximum Gasteiger partial charge on any atom is 0.421 e. The van der Waals surface area contributed by atoms with E-state index in [1.807, 2.05) is 12.1 Å². The van der Waals surface area contributed by atoms with Crippen molar-refractivity contribution in [3.8, 4) is 40.0 Å². The van der Waals surface area contributed by atoms with Gasteiger partial charge in [0.05, 0.1) is 36.9 Å². The summed E-state index contributed by atoms with van der Waals surface area (Å²) in [5.41, 5.74) is 2.85. The van der Waals surface area contributed by atoms with E-state index in [1.165, 1.54) is 20.3 Å². The molecule has 0 radical (unpaired) electrons. The summed E-state index contributed by atoms with van der Waals surface area (Å²) >= 11 is 7.03. The number of fused-ring (bicyclic) bond motifs is 1. The lowest BCUT2D eigenvalue weighted by Crippen LogP contribution is -2.35. The van der Waals surface area contributed by atoms with Gasteiger partial charge in [-0.3, -0.25) is 9.59 Å². The molecular weight excluding hydrogens is 746 g/mol. The molecule has 0 bridgehead atoms. The highest BCUT2D eigenvalue weighted by atomic mass is 35.5. The molecule has 2 aromatic heterocycles. The van der Waals surface area contributed by atoms with Crippen LogP contribution < -0.4 is 24.8 Å². The van der Waals surface area contributed by atoms with Crippen LogP contribution in [0.2, 0.25) is 5.02 Å². The standard InChI is InChI=1S/C39H40ClF4N5O6/c1-49(15-14-34(51)52)20-21-16-29(39(42,43)44)38(48-36(21)53-2)55-32-12-11-24-23(6-4-7-25(24)32)26-8-5-9-27(35(26)40)31-17-30(41)28(37(47-31)54-3)19-45-18-22-10-13-33(50)46-22/h4-9,16-17,22,32,45H,10-15,18-20H2,1-3H3,(H,46,50)(H,51,52)/t22-,32-/m0/s1. The van der Waals surface area contributed by atoms with E-state index < -0.39 is 35.5 Å². The Morgan fingerprint density at radius 2 is 1.75 bits per heavy atom. The first-order valence-corrected chi connectivity index (χ1v) is 18.0. The molecule has 55 heavy (non-hydrogen) atoms. The molecule has 16 heteroatoms. The fourth-order valence-electron chi connectivity index (χ4n) is 7.01. The molecule has 0 saturated carbocycles. The van der Waals surface area contributed by atoms with Crippen molar-refractivity contribution in [3.63, 3.8) is 0 Å². The minimum Gasteiger partial charge on any atom is -0.481 e. The summed E-state index contributed by atoms with van der Waals surface area (Å²) in [6, 6.07) is 12.9. The van der Waals surface area contributed by atoms with E-state index >= 15 is 4.39 Å². The topological polar surface area (TPSA) is 135 Å². The van der Waals surface area contributed by atoms with Crippen molar-refractivity contribution >= 4 is 23.5 Å². The number of pyridine rings is 2. The van der Waals surface area contributed by atoms with Gasteiger partial charge in [0.2, 0.25) is 23.5 Å². The van der Waals surface area contributed by atoms with Gasteiger partial charge in [-0.05, 0) is 49.1 Å². The summed E-state index contributed by atoms with van der Waals surface area (Å²) in [6.45, 7) is 0.681. The molecule has 11 nitrogen and oxygen atoms in total. The maximum atomic E-state index is 15.6. The van der Waals surface area contributed by atoms with Crippen molar-refractivity contribution in [3.05, 3.63) is 87.2 Å². The first-order chi connectivity index (χ1) is 26.3. The van der Waals surface area contributed by atoms with E-state index in [-0.39, 0.29) is 66.6 Å². The Morgan fingerprint density at radius 3 is 2.44 bits per heavy atom. The molecule has 2 aromatic carbocycles. The number of hydrogen-bond donors (Lipinski definition) is 3. The number of carbonyl (C=O) groups excluding carboxylic acids is 1. The largest absolute Gasteiger partial charge is 0.481 e. The van der Waals surface area contributed by atoms with Crippen molar-refractivity contribution in [2.75, 3.05) is 34.4 Å². The summed E-state index contributed by atoms with van der Waals surface area (Å²) in [4.78, 5) is 32.8. The summed E-state index contributed by atoms with van der Waals surface area (Å²) in [7, 11) is 4.29. The molecule has 1 amide bonds. The van der Waals surface area contributed by atoms with E-state index in [1.54, 1.807) is 36.2 Å². The number of aromatic nitrogens is 2. The van der Waals surface area contributed by atoms with E-state index in [0.717, 1.165) is 17.2 Å². The number of ether oxygens (including phenoxy) is 3. The highest BCUT2D eigenvalue weighted by Gasteiger charge is 2.39. The smallest absolute Gasteiger partial charge is 0.421 e. The molecule has 1 aliphatic heterocycles. The Hall–Kier alpha value is -4.99. The highest BCUT2D eigenvalue weighted by Crippen LogP contribution is 2.46. The number of carboxylic acids is 1. The van der Waals surface area contributed by atoms with Crippen molar-refractivity contribution in [1.29, 1.82) is 0 Å². The first-order valence-electron chi connectivity index (χ1n) is 17.6. The normalized spacial score (nSPS) is 16.6. The second-order valence-corrected chi connectivity index (χ2v) is 13.9. The fourth-order valence-corrected chi connectivity index (χ4v) is 7.34. The van der Waals surface area contributed by atoms with Crippen LogP contribution in [0.5, 0.6) is 17.6 Å². The average molecular weight is 786 g/mol. The van der Waals surface area contributed by atoms with Crippen LogP contribution >= 0.6 is 11.6 Å². The third-order valence-electron chi connectivity index (χ3n) is 9.71. The molecule has 3 N–H and O–H groups in total. The number of rotatable bonds is 15. The van der Waals surface area contributed by atoms with Crippen LogP contribution in [0.15, 0.2) is 48.5 Å². The van der Waals surface area contributed by atoms with Gasteiger partial charge in [-0.15, -0.1) is 0 Å². The Balaban J connectivity index is 1.26. The molecular formula is C39H40ClF4N5O6. The molecule has 0 unspecified atom stereocenters. The van der Waals surface area contributed by atoms with Gasteiger partial charge in [0.1, 0.15) is 17.5 Å². The fraction of sp³-hybridized carbons (Fsp3) is 0.385. The van der Waals surface area contributed by atoms with Gasteiger partial charge in [0.15, 0.2) is 0 Å². The van der Waals surface area contributed by atoms with Crippen molar-refractivity contribution in [1.82, 2.24) is 25.5 Å². The molecule has 4 aromatic rings. The summed E-state index contributed by atoms with van der Waals surface area (Å²) in [6.07, 6.45) is -3.77. The molecule has 1 fully saturated rings. The third kappa shape index (κ3) is 8.95. The lowest BCUT2D eigenvalue weighted by atomic mass is 9.94. The van der Waals surface area contributed by atoms with Crippen LogP contribution in [0.3, 0.4) is 0 Å². The second kappa shape index (κ2) is 16.8. The van der Waals surface area contributed by atoms with Gasteiger partial charge in [-0.2, -0.15) is 18.2 Å². The Morgan fingerprint density at radius 1 is 1.02 bits per heavy atom. The van der Waals surface area contributed by atoms with E-state index in [9.17, 15) is 22.8 Å². The van der Waals surface area contributed by atoms with Crippen molar-refractivity contribution < 1.29 is 46.5 Å².